The molecule has 33 heavy (non-hydrogen) atoms. The number of hydrogen-bond donors (Lipinski definition) is 0. The van der Waals surface area contributed by atoms with E-state index in [4.69, 9.17) is 21.3 Å². The smallest absolute Gasteiger partial charge is 0.227 e. The Hall–Kier alpha value is -3.31. The van der Waals surface area contributed by atoms with Gasteiger partial charge in [0.1, 0.15) is 11.6 Å². The number of nitrogens with zero attached hydrogens (tertiary/aromatic N) is 3. The van der Waals surface area contributed by atoms with Crippen LogP contribution in [0, 0.1) is 0 Å². The second kappa shape index (κ2) is 9.67. The zero-order valence-corrected chi connectivity index (χ0v) is 19.1. The summed E-state index contributed by atoms with van der Waals surface area (Å²) in [5, 5.41) is 0.667. The summed E-state index contributed by atoms with van der Waals surface area (Å²) < 4.78 is 8.14. The second-order valence-electron chi connectivity index (χ2n) is 8.36. The first kappa shape index (κ1) is 21.5. The van der Waals surface area contributed by atoms with Gasteiger partial charge in [0.2, 0.25) is 5.91 Å². The molecule has 1 saturated heterocycles. The van der Waals surface area contributed by atoms with E-state index in [0.717, 1.165) is 47.7 Å². The third-order valence-electron chi connectivity index (χ3n) is 6.10. The van der Waals surface area contributed by atoms with Crippen LogP contribution in [0.15, 0.2) is 78.9 Å². The molecule has 5 rings (SSSR count). The Labute approximate surface area is 198 Å². The van der Waals surface area contributed by atoms with E-state index in [1.54, 1.807) is 0 Å². The van der Waals surface area contributed by atoms with Crippen molar-refractivity contribution in [3.8, 4) is 5.75 Å². The van der Waals surface area contributed by atoms with Gasteiger partial charge in [-0.05, 0) is 61.4 Å². The zero-order valence-electron chi connectivity index (χ0n) is 18.4. The van der Waals surface area contributed by atoms with Crippen molar-refractivity contribution in [1.29, 1.82) is 0 Å². The van der Waals surface area contributed by atoms with Crippen molar-refractivity contribution in [1.82, 2.24) is 9.55 Å². The van der Waals surface area contributed by atoms with Crippen LogP contribution in [0.3, 0.4) is 0 Å². The first-order valence-corrected chi connectivity index (χ1v) is 11.8. The van der Waals surface area contributed by atoms with E-state index in [-0.39, 0.29) is 11.8 Å². The molecule has 0 bridgehead atoms. The number of benzene rings is 3. The van der Waals surface area contributed by atoms with Crippen molar-refractivity contribution in [2.24, 2.45) is 0 Å². The number of carbonyl (C=O) groups is 1. The lowest BCUT2D eigenvalue weighted by atomic mass is 10.1. The monoisotopic (exact) mass is 459 g/mol. The highest BCUT2D eigenvalue weighted by atomic mass is 35.5. The molecule has 2 heterocycles. The minimum absolute atomic E-state index is 0.0566. The van der Waals surface area contributed by atoms with Crippen molar-refractivity contribution >= 4 is 34.2 Å². The van der Waals surface area contributed by atoms with Gasteiger partial charge in [-0.15, -0.1) is 0 Å². The molecule has 0 saturated carbocycles. The minimum atomic E-state index is 0.0566. The topological polar surface area (TPSA) is 47.4 Å². The Kier molecular flexibility index (Phi) is 6.31. The summed E-state index contributed by atoms with van der Waals surface area (Å²) in [5.41, 5.74) is 2.98. The fraction of sp³-hybridized carbons (Fsp3) is 0.259. The molecule has 6 heteroatoms. The molecule has 1 fully saturated rings. The van der Waals surface area contributed by atoms with Crippen molar-refractivity contribution in [3.05, 3.63) is 89.7 Å². The first-order valence-electron chi connectivity index (χ1n) is 11.4. The summed E-state index contributed by atoms with van der Waals surface area (Å²) in [6.45, 7) is 2.15. The number of aromatic nitrogens is 2. The number of imidazole rings is 1. The number of carbonyl (C=O) groups excluding carboxylic acids is 1. The normalized spacial score (nSPS) is 16.0. The predicted octanol–water partition coefficient (Wildman–Crippen LogP) is 6.07. The molecule has 168 valence electrons. The summed E-state index contributed by atoms with van der Waals surface area (Å²) in [5.74, 6) is 2.07. The number of halogens is 1. The molecule has 0 radical (unpaired) electrons. The molecular formula is C27H26ClN3O2. The molecular weight excluding hydrogens is 434 g/mol. The van der Waals surface area contributed by atoms with Gasteiger partial charge in [0.15, 0.2) is 0 Å². The SMILES string of the molecule is O=C1C[C@H](c2nc3ccccc3n2CCCCOc2ccccc2)CN1c1ccc(Cl)cc1. The number of aryl methyl sites for hydroxylation is 1. The summed E-state index contributed by atoms with van der Waals surface area (Å²) in [4.78, 5) is 19.6. The lowest BCUT2D eigenvalue weighted by molar-refractivity contribution is -0.117. The molecule has 0 aliphatic carbocycles. The van der Waals surface area contributed by atoms with Crippen LogP contribution in [-0.2, 0) is 11.3 Å². The number of fused-ring (bicyclic) bond motifs is 1. The third-order valence-corrected chi connectivity index (χ3v) is 6.35. The van der Waals surface area contributed by atoms with E-state index >= 15 is 0 Å². The van der Waals surface area contributed by atoms with Crippen molar-refractivity contribution < 1.29 is 9.53 Å². The highest BCUT2D eigenvalue weighted by Gasteiger charge is 2.34. The van der Waals surface area contributed by atoms with Gasteiger partial charge >= 0.3 is 0 Å². The van der Waals surface area contributed by atoms with Gasteiger partial charge in [-0.3, -0.25) is 4.79 Å². The van der Waals surface area contributed by atoms with Crippen molar-refractivity contribution in [2.45, 2.75) is 31.7 Å². The fourth-order valence-corrected chi connectivity index (χ4v) is 4.60. The minimum Gasteiger partial charge on any atom is -0.494 e. The highest BCUT2D eigenvalue weighted by molar-refractivity contribution is 6.30. The van der Waals surface area contributed by atoms with E-state index in [1.165, 1.54) is 0 Å². The predicted molar refractivity (Wildman–Crippen MR) is 132 cm³/mol. The third kappa shape index (κ3) is 4.74. The molecule has 5 nitrogen and oxygen atoms in total. The van der Waals surface area contributed by atoms with E-state index < -0.39 is 0 Å². The second-order valence-corrected chi connectivity index (χ2v) is 8.80. The van der Waals surface area contributed by atoms with Gasteiger partial charge in [0, 0.05) is 36.1 Å². The largest absolute Gasteiger partial charge is 0.494 e. The maximum Gasteiger partial charge on any atom is 0.227 e. The van der Waals surface area contributed by atoms with Gasteiger partial charge < -0.3 is 14.2 Å². The number of unbranched alkanes of at least 4 members (excludes halogenated alkanes) is 1. The first-order chi connectivity index (χ1) is 16.2. The molecule has 3 aromatic carbocycles. The van der Waals surface area contributed by atoms with E-state index in [0.29, 0.717) is 24.6 Å². The average molecular weight is 460 g/mol. The maximum atomic E-state index is 12.8. The molecule has 1 aromatic heterocycles. The molecule has 1 atom stereocenters. The van der Waals surface area contributed by atoms with Crippen LogP contribution in [0.4, 0.5) is 5.69 Å². The summed E-state index contributed by atoms with van der Waals surface area (Å²) >= 11 is 6.03. The zero-order chi connectivity index (χ0) is 22.6. The van der Waals surface area contributed by atoms with Crippen LogP contribution in [0.2, 0.25) is 5.02 Å². The Morgan fingerprint density at radius 3 is 2.52 bits per heavy atom. The van der Waals surface area contributed by atoms with Crippen LogP contribution >= 0.6 is 11.6 Å². The molecule has 1 aliphatic heterocycles. The van der Waals surface area contributed by atoms with Crippen LogP contribution in [-0.4, -0.2) is 28.6 Å². The summed E-state index contributed by atoms with van der Waals surface area (Å²) in [6, 6.07) is 25.6. The lowest BCUT2D eigenvalue weighted by Crippen LogP contribution is -2.24. The van der Waals surface area contributed by atoms with Crippen LogP contribution in [0.25, 0.3) is 11.0 Å². The number of anilines is 1. The summed E-state index contributed by atoms with van der Waals surface area (Å²) in [6.07, 6.45) is 2.38. The van der Waals surface area contributed by atoms with Crippen molar-refractivity contribution in [2.75, 3.05) is 18.1 Å². The van der Waals surface area contributed by atoms with Gasteiger partial charge in [-0.1, -0.05) is 41.9 Å². The van der Waals surface area contributed by atoms with E-state index in [9.17, 15) is 4.79 Å². The molecule has 0 N–H and O–H groups in total. The number of rotatable bonds is 8. The number of ether oxygens (including phenoxy) is 1. The van der Waals surface area contributed by atoms with Gasteiger partial charge in [-0.25, -0.2) is 4.98 Å². The van der Waals surface area contributed by atoms with E-state index in [1.807, 2.05) is 77.7 Å². The van der Waals surface area contributed by atoms with Crippen molar-refractivity contribution in [3.63, 3.8) is 0 Å². The molecule has 1 amide bonds. The average Bonchev–Trinajstić information content (AvgIpc) is 3.41. The van der Waals surface area contributed by atoms with Crippen LogP contribution in [0.5, 0.6) is 5.75 Å². The van der Waals surface area contributed by atoms with Gasteiger partial charge in [0.25, 0.3) is 0 Å². The van der Waals surface area contributed by atoms with E-state index in [2.05, 4.69) is 10.6 Å². The number of para-hydroxylation sites is 3. The maximum absolute atomic E-state index is 12.8. The lowest BCUT2D eigenvalue weighted by Gasteiger charge is -2.17. The van der Waals surface area contributed by atoms with Crippen LogP contribution < -0.4 is 9.64 Å². The quantitative estimate of drug-likeness (QED) is 0.300. The van der Waals surface area contributed by atoms with Gasteiger partial charge in [-0.2, -0.15) is 0 Å². The molecule has 4 aromatic rings. The van der Waals surface area contributed by atoms with Crippen LogP contribution in [0.1, 0.15) is 31.0 Å². The standard InChI is InChI=1S/C27H26ClN3O2/c28-21-12-14-22(15-13-21)31-19-20(18-26(31)32)27-29-24-10-4-5-11-25(24)30(27)16-6-7-17-33-23-8-2-1-3-9-23/h1-5,8-15,20H,6-7,16-19H2/t20-/m0/s1. The number of hydrogen-bond acceptors (Lipinski definition) is 3. The fourth-order valence-electron chi connectivity index (χ4n) is 4.47. The molecule has 0 unspecified atom stereocenters. The molecule has 1 aliphatic rings. The Balaban J connectivity index is 1.30. The molecule has 0 spiro atoms. The Morgan fingerprint density at radius 2 is 1.70 bits per heavy atom. The van der Waals surface area contributed by atoms with Gasteiger partial charge in [0.05, 0.1) is 17.6 Å². The summed E-state index contributed by atoms with van der Waals surface area (Å²) in [7, 11) is 0. The number of amides is 1. The Bertz CT molecular complexity index is 1240. The Morgan fingerprint density at radius 1 is 0.939 bits per heavy atom. The highest BCUT2D eigenvalue weighted by Crippen LogP contribution is 2.33.